The van der Waals surface area contributed by atoms with E-state index in [0.29, 0.717) is 17.0 Å². The molecule has 1 fully saturated rings. The maximum Gasteiger partial charge on any atom is 0.251 e. The SMILES string of the molecule is CC(NC(=O)c1ccc(C#N)cc1)C1CCCCC1. The van der Waals surface area contributed by atoms with Crippen molar-refractivity contribution >= 4 is 5.91 Å². The zero-order chi connectivity index (χ0) is 13.7. The predicted octanol–water partition coefficient (Wildman–Crippen LogP) is 3.26. The highest BCUT2D eigenvalue weighted by molar-refractivity contribution is 5.94. The van der Waals surface area contributed by atoms with Crippen molar-refractivity contribution in [2.45, 2.75) is 45.1 Å². The summed E-state index contributed by atoms with van der Waals surface area (Å²) in [6, 6.07) is 9.06. The highest BCUT2D eigenvalue weighted by Gasteiger charge is 2.21. The number of carbonyl (C=O) groups excluding carboxylic acids is 1. The fourth-order valence-corrected chi connectivity index (χ4v) is 2.74. The molecule has 0 aliphatic heterocycles. The Morgan fingerprint density at radius 1 is 1.26 bits per heavy atom. The van der Waals surface area contributed by atoms with E-state index in [1.165, 1.54) is 32.1 Å². The molecule has 1 unspecified atom stereocenters. The van der Waals surface area contributed by atoms with Gasteiger partial charge in [-0.15, -0.1) is 0 Å². The number of hydrogen-bond acceptors (Lipinski definition) is 2. The fourth-order valence-electron chi connectivity index (χ4n) is 2.74. The third-order valence-electron chi connectivity index (χ3n) is 3.99. The average molecular weight is 256 g/mol. The van der Waals surface area contributed by atoms with Gasteiger partial charge in [-0.05, 0) is 49.9 Å². The summed E-state index contributed by atoms with van der Waals surface area (Å²) in [4.78, 5) is 12.1. The Morgan fingerprint density at radius 3 is 2.47 bits per heavy atom. The van der Waals surface area contributed by atoms with Gasteiger partial charge in [0.05, 0.1) is 11.6 Å². The molecule has 1 aliphatic carbocycles. The van der Waals surface area contributed by atoms with Gasteiger partial charge in [0.15, 0.2) is 0 Å². The van der Waals surface area contributed by atoms with Gasteiger partial charge in [-0.2, -0.15) is 5.26 Å². The lowest BCUT2D eigenvalue weighted by Gasteiger charge is -2.28. The zero-order valence-electron chi connectivity index (χ0n) is 11.4. The standard InChI is InChI=1S/C16H20N2O/c1-12(14-5-3-2-4-6-14)18-16(19)15-9-7-13(11-17)8-10-15/h7-10,12,14H,2-6H2,1H3,(H,18,19). The maximum atomic E-state index is 12.1. The third kappa shape index (κ3) is 3.57. The summed E-state index contributed by atoms with van der Waals surface area (Å²) < 4.78 is 0. The lowest BCUT2D eigenvalue weighted by atomic mass is 9.84. The number of carbonyl (C=O) groups is 1. The summed E-state index contributed by atoms with van der Waals surface area (Å²) >= 11 is 0. The molecule has 0 spiro atoms. The molecule has 2 rings (SSSR count). The summed E-state index contributed by atoms with van der Waals surface area (Å²) in [5, 5.41) is 11.8. The van der Waals surface area contributed by atoms with Crippen molar-refractivity contribution in [3.63, 3.8) is 0 Å². The van der Waals surface area contributed by atoms with Gasteiger partial charge in [-0.3, -0.25) is 4.79 Å². The van der Waals surface area contributed by atoms with E-state index in [1.807, 2.05) is 0 Å². The number of nitrogens with zero attached hydrogens (tertiary/aromatic N) is 1. The number of rotatable bonds is 3. The fraction of sp³-hybridized carbons (Fsp3) is 0.500. The number of hydrogen-bond donors (Lipinski definition) is 1. The molecule has 0 heterocycles. The zero-order valence-corrected chi connectivity index (χ0v) is 11.4. The van der Waals surface area contributed by atoms with Crippen LogP contribution in [0.3, 0.4) is 0 Å². The van der Waals surface area contributed by atoms with Crippen LogP contribution in [0.25, 0.3) is 0 Å². The normalized spacial score (nSPS) is 17.5. The van der Waals surface area contributed by atoms with Gasteiger partial charge >= 0.3 is 0 Å². The Bertz CT molecular complexity index is 467. The van der Waals surface area contributed by atoms with Gasteiger partial charge in [0.1, 0.15) is 0 Å². The average Bonchev–Trinajstić information content (AvgIpc) is 2.48. The van der Waals surface area contributed by atoms with E-state index in [1.54, 1.807) is 24.3 Å². The Labute approximate surface area is 114 Å². The predicted molar refractivity (Wildman–Crippen MR) is 74.7 cm³/mol. The molecule has 3 nitrogen and oxygen atoms in total. The number of nitriles is 1. The smallest absolute Gasteiger partial charge is 0.251 e. The minimum atomic E-state index is -0.0393. The summed E-state index contributed by atoms with van der Waals surface area (Å²) in [5.41, 5.74) is 1.21. The second-order valence-corrected chi connectivity index (χ2v) is 5.35. The lowest BCUT2D eigenvalue weighted by molar-refractivity contribution is 0.0919. The van der Waals surface area contributed by atoms with Gasteiger partial charge in [-0.1, -0.05) is 19.3 Å². The van der Waals surface area contributed by atoms with Crippen molar-refractivity contribution in [1.82, 2.24) is 5.32 Å². The maximum absolute atomic E-state index is 12.1. The summed E-state index contributed by atoms with van der Waals surface area (Å²) in [6.07, 6.45) is 6.32. The number of nitrogens with one attached hydrogen (secondary N) is 1. The highest BCUT2D eigenvalue weighted by Crippen LogP contribution is 2.26. The molecule has 100 valence electrons. The van der Waals surface area contributed by atoms with E-state index >= 15 is 0 Å². The molecule has 1 amide bonds. The van der Waals surface area contributed by atoms with Gasteiger partial charge in [0.2, 0.25) is 0 Å². The van der Waals surface area contributed by atoms with Crippen LogP contribution >= 0.6 is 0 Å². The molecule has 0 radical (unpaired) electrons. The van der Waals surface area contributed by atoms with Crippen molar-refractivity contribution in [3.8, 4) is 6.07 Å². The molecule has 3 heteroatoms. The van der Waals surface area contributed by atoms with Gasteiger partial charge in [0.25, 0.3) is 5.91 Å². The molecule has 19 heavy (non-hydrogen) atoms. The van der Waals surface area contributed by atoms with Crippen LogP contribution in [0.2, 0.25) is 0 Å². The molecule has 0 bridgehead atoms. The first-order valence-corrected chi connectivity index (χ1v) is 7.01. The monoisotopic (exact) mass is 256 g/mol. The third-order valence-corrected chi connectivity index (χ3v) is 3.99. The minimum absolute atomic E-state index is 0.0393. The van der Waals surface area contributed by atoms with Gasteiger partial charge < -0.3 is 5.32 Å². The van der Waals surface area contributed by atoms with E-state index in [9.17, 15) is 4.79 Å². The quantitative estimate of drug-likeness (QED) is 0.902. The highest BCUT2D eigenvalue weighted by atomic mass is 16.1. The van der Waals surface area contributed by atoms with Crippen LogP contribution < -0.4 is 5.32 Å². The van der Waals surface area contributed by atoms with E-state index in [0.717, 1.165) is 0 Å². The van der Waals surface area contributed by atoms with Crippen molar-refractivity contribution in [2.24, 2.45) is 5.92 Å². The van der Waals surface area contributed by atoms with Crippen LogP contribution in [0.4, 0.5) is 0 Å². The largest absolute Gasteiger partial charge is 0.349 e. The van der Waals surface area contributed by atoms with Crippen molar-refractivity contribution in [3.05, 3.63) is 35.4 Å². The number of benzene rings is 1. The Hall–Kier alpha value is -1.82. The molecule has 1 aromatic rings. The van der Waals surface area contributed by atoms with Crippen LogP contribution in [-0.2, 0) is 0 Å². The first kappa shape index (κ1) is 13.6. The summed E-state index contributed by atoms with van der Waals surface area (Å²) in [6.45, 7) is 2.09. The van der Waals surface area contributed by atoms with E-state index < -0.39 is 0 Å². The van der Waals surface area contributed by atoms with Crippen LogP contribution in [0.15, 0.2) is 24.3 Å². The molecular formula is C16H20N2O. The van der Waals surface area contributed by atoms with Crippen LogP contribution in [-0.4, -0.2) is 11.9 Å². The topological polar surface area (TPSA) is 52.9 Å². The Morgan fingerprint density at radius 2 is 1.89 bits per heavy atom. The van der Waals surface area contributed by atoms with Crippen molar-refractivity contribution in [1.29, 1.82) is 5.26 Å². The van der Waals surface area contributed by atoms with E-state index in [-0.39, 0.29) is 11.9 Å². The molecule has 0 saturated heterocycles. The Kier molecular flexibility index (Phi) is 4.57. The second-order valence-electron chi connectivity index (χ2n) is 5.35. The Balaban J connectivity index is 1.94. The first-order valence-electron chi connectivity index (χ1n) is 7.01. The molecule has 1 aromatic carbocycles. The molecule has 1 atom stereocenters. The number of amides is 1. The van der Waals surface area contributed by atoms with Crippen LogP contribution in [0.5, 0.6) is 0 Å². The summed E-state index contributed by atoms with van der Waals surface area (Å²) in [7, 11) is 0. The lowest BCUT2D eigenvalue weighted by Crippen LogP contribution is -2.38. The van der Waals surface area contributed by atoms with Crippen molar-refractivity contribution in [2.75, 3.05) is 0 Å². The first-order chi connectivity index (χ1) is 9.20. The molecule has 1 saturated carbocycles. The van der Waals surface area contributed by atoms with Crippen molar-refractivity contribution < 1.29 is 4.79 Å². The van der Waals surface area contributed by atoms with Gasteiger partial charge in [-0.25, -0.2) is 0 Å². The molecule has 1 aliphatic rings. The van der Waals surface area contributed by atoms with E-state index in [4.69, 9.17) is 5.26 Å². The van der Waals surface area contributed by atoms with Crippen LogP contribution in [0.1, 0.15) is 54.9 Å². The molecular weight excluding hydrogens is 236 g/mol. The van der Waals surface area contributed by atoms with E-state index in [2.05, 4.69) is 18.3 Å². The van der Waals surface area contributed by atoms with Gasteiger partial charge in [0, 0.05) is 11.6 Å². The minimum Gasteiger partial charge on any atom is -0.349 e. The van der Waals surface area contributed by atoms with Crippen LogP contribution in [0, 0.1) is 17.2 Å². The molecule has 1 N–H and O–H groups in total. The second kappa shape index (κ2) is 6.38. The summed E-state index contributed by atoms with van der Waals surface area (Å²) in [5.74, 6) is 0.568. The molecule has 0 aromatic heterocycles.